The molecular weight excluding hydrogens is 260 g/mol. The summed E-state index contributed by atoms with van der Waals surface area (Å²) in [5, 5.41) is 8.25. The number of H-pyrrole nitrogens is 1. The number of hydrogen-bond acceptors (Lipinski definition) is 3. The van der Waals surface area contributed by atoms with E-state index in [4.69, 9.17) is 5.73 Å². The van der Waals surface area contributed by atoms with Crippen LogP contribution >= 0.6 is 12.4 Å². The van der Waals surface area contributed by atoms with Gasteiger partial charge in [-0.2, -0.15) is 5.10 Å². The van der Waals surface area contributed by atoms with Crippen molar-refractivity contribution in [1.82, 2.24) is 15.1 Å². The fourth-order valence-corrected chi connectivity index (χ4v) is 2.77. The Bertz CT molecular complexity index is 553. The average Bonchev–Trinajstić information content (AvgIpc) is 2.96. The van der Waals surface area contributed by atoms with Crippen molar-refractivity contribution < 1.29 is 0 Å². The summed E-state index contributed by atoms with van der Waals surface area (Å²) in [5.74, 6) is 0. The Morgan fingerprint density at radius 3 is 3.05 bits per heavy atom. The summed E-state index contributed by atoms with van der Waals surface area (Å²) in [6.45, 7) is 6.32. The molecule has 2 heterocycles. The largest absolute Gasteiger partial charge is 0.330 e. The molecule has 1 atom stereocenters. The summed E-state index contributed by atoms with van der Waals surface area (Å²) in [4.78, 5) is 2.49. The number of nitrogens with two attached hydrogens (primary N) is 1. The first-order valence-electron chi connectivity index (χ1n) is 6.53. The van der Waals surface area contributed by atoms with Crippen molar-refractivity contribution in [2.45, 2.75) is 19.9 Å². The molecular formula is C14H21ClN4. The fourth-order valence-electron chi connectivity index (χ4n) is 2.77. The number of benzene rings is 1. The number of hydrogen-bond donors (Lipinski definition) is 2. The van der Waals surface area contributed by atoms with Gasteiger partial charge < -0.3 is 5.73 Å². The maximum atomic E-state index is 5.84. The van der Waals surface area contributed by atoms with Gasteiger partial charge in [0, 0.05) is 18.5 Å². The summed E-state index contributed by atoms with van der Waals surface area (Å²) in [7, 11) is 0. The second-order valence-electron chi connectivity index (χ2n) is 5.77. The lowest BCUT2D eigenvalue weighted by Crippen LogP contribution is -2.31. The van der Waals surface area contributed by atoms with Crippen molar-refractivity contribution in [1.29, 1.82) is 0 Å². The maximum absolute atomic E-state index is 5.84. The van der Waals surface area contributed by atoms with Gasteiger partial charge in [0.15, 0.2) is 0 Å². The molecule has 19 heavy (non-hydrogen) atoms. The SMILES string of the molecule is CC1(CN)CCN(Cc2ccc3cn[nH]c3c2)C1.Cl. The van der Waals surface area contributed by atoms with E-state index < -0.39 is 0 Å². The molecule has 1 saturated heterocycles. The average molecular weight is 281 g/mol. The number of fused-ring (bicyclic) bond motifs is 1. The van der Waals surface area contributed by atoms with E-state index in [1.54, 1.807) is 0 Å². The smallest absolute Gasteiger partial charge is 0.0653 e. The zero-order valence-corrected chi connectivity index (χ0v) is 12.0. The molecule has 4 nitrogen and oxygen atoms in total. The Labute approximate surface area is 119 Å². The molecule has 2 aromatic rings. The van der Waals surface area contributed by atoms with E-state index >= 15 is 0 Å². The minimum Gasteiger partial charge on any atom is -0.330 e. The first kappa shape index (κ1) is 14.3. The van der Waals surface area contributed by atoms with Crippen molar-refractivity contribution in [3.05, 3.63) is 30.0 Å². The second-order valence-corrected chi connectivity index (χ2v) is 5.77. The van der Waals surface area contributed by atoms with Crippen molar-refractivity contribution >= 4 is 23.3 Å². The van der Waals surface area contributed by atoms with Crippen LogP contribution in [0.1, 0.15) is 18.9 Å². The Morgan fingerprint density at radius 1 is 1.47 bits per heavy atom. The lowest BCUT2D eigenvalue weighted by atomic mass is 9.90. The van der Waals surface area contributed by atoms with Gasteiger partial charge in [-0.1, -0.05) is 19.1 Å². The summed E-state index contributed by atoms with van der Waals surface area (Å²) >= 11 is 0. The highest BCUT2D eigenvalue weighted by atomic mass is 35.5. The molecule has 3 N–H and O–H groups in total. The highest BCUT2D eigenvalue weighted by Gasteiger charge is 2.32. The van der Waals surface area contributed by atoms with Gasteiger partial charge in [-0.05, 0) is 36.6 Å². The molecule has 5 heteroatoms. The first-order valence-corrected chi connectivity index (χ1v) is 6.53. The Balaban J connectivity index is 0.00000133. The minimum atomic E-state index is 0. The van der Waals surface area contributed by atoms with Gasteiger partial charge in [-0.25, -0.2) is 0 Å². The first-order chi connectivity index (χ1) is 8.68. The molecule has 0 aliphatic carbocycles. The molecule has 1 aliphatic rings. The third-order valence-corrected chi connectivity index (χ3v) is 4.04. The standard InChI is InChI=1S/C14H20N4.ClH/c1-14(9-15)4-5-18(10-14)8-11-2-3-12-7-16-17-13(12)6-11;/h2-3,6-7H,4-5,8-10,15H2,1H3,(H,16,17);1H. The second kappa shape index (κ2) is 5.49. The zero-order valence-electron chi connectivity index (χ0n) is 11.2. The van der Waals surface area contributed by atoms with Gasteiger partial charge in [0.05, 0.1) is 11.7 Å². The number of nitrogens with one attached hydrogen (secondary N) is 1. The molecule has 0 spiro atoms. The van der Waals surface area contributed by atoms with E-state index in [0.29, 0.717) is 5.41 Å². The number of halogens is 1. The summed E-state index contributed by atoms with van der Waals surface area (Å²) < 4.78 is 0. The predicted octanol–water partition coefficient (Wildman–Crippen LogP) is 2.16. The van der Waals surface area contributed by atoms with Crippen LogP contribution in [0.5, 0.6) is 0 Å². The Hall–Kier alpha value is -1.10. The minimum absolute atomic E-state index is 0. The van der Waals surface area contributed by atoms with E-state index in [-0.39, 0.29) is 12.4 Å². The van der Waals surface area contributed by atoms with Gasteiger partial charge in [0.2, 0.25) is 0 Å². The monoisotopic (exact) mass is 280 g/mol. The van der Waals surface area contributed by atoms with Crippen LogP contribution in [0, 0.1) is 5.41 Å². The number of aromatic amines is 1. The van der Waals surface area contributed by atoms with Crippen LogP contribution in [0.15, 0.2) is 24.4 Å². The molecule has 104 valence electrons. The van der Waals surface area contributed by atoms with Crippen LogP contribution in [-0.4, -0.2) is 34.7 Å². The zero-order chi connectivity index (χ0) is 12.6. The molecule has 1 aromatic carbocycles. The number of aromatic nitrogens is 2. The molecule has 0 bridgehead atoms. The highest BCUT2D eigenvalue weighted by molar-refractivity contribution is 5.85. The topological polar surface area (TPSA) is 57.9 Å². The number of nitrogens with zero attached hydrogens (tertiary/aromatic N) is 2. The molecule has 0 radical (unpaired) electrons. The van der Waals surface area contributed by atoms with E-state index in [1.807, 2.05) is 6.20 Å². The van der Waals surface area contributed by atoms with E-state index in [0.717, 1.165) is 31.7 Å². The van der Waals surface area contributed by atoms with E-state index in [9.17, 15) is 0 Å². The van der Waals surface area contributed by atoms with Crippen LogP contribution in [0.2, 0.25) is 0 Å². The van der Waals surface area contributed by atoms with Crippen molar-refractivity contribution in [3.8, 4) is 0 Å². The Morgan fingerprint density at radius 2 is 2.32 bits per heavy atom. The van der Waals surface area contributed by atoms with Crippen LogP contribution < -0.4 is 5.73 Å². The third-order valence-electron chi connectivity index (χ3n) is 4.04. The van der Waals surface area contributed by atoms with E-state index in [1.165, 1.54) is 17.4 Å². The van der Waals surface area contributed by atoms with Gasteiger partial charge in [0.1, 0.15) is 0 Å². The fraction of sp³-hybridized carbons (Fsp3) is 0.500. The van der Waals surface area contributed by atoms with Crippen LogP contribution in [-0.2, 0) is 6.54 Å². The summed E-state index contributed by atoms with van der Waals surface area (Å²) in [6.07, 6.45) is 3.07. The quantitative estimate of drug-likeness (QED) is 0.906. The molecule has 0 saturated carbocycles. The van der Waals surface area contributed by atoms with E-state index in [2.05, 4.69) is 40.2 Å². The van der Waals surface area contributed by atoms with Crippen molar-refractivity contribution in [2.24, 2.45) is 11.1 Å². The van der Waals surface area contributed by atoms with Gasteiger partial charge in [0.25, 0.3) is 0 Å². The normalized spacial score (nSPS) is 23.7. The van der Waals surface area contributed by atoms with Gasteiger partial charge in [-0.3, -0.25) is 10.00 Å². The lowest BCUT2D eigenvalue weighted by Gasteiger charge is -2.22. The summed E-state index contributed by atoms with van der Waals surface area (Å²) in [5.41, 5.74) is 8.61. The molecule has 1 unspecified atom stereocenters. The molecule has 1 fully saturated rings. The van der Waals surface area contributed by atoms with Gasteiger partial charge in [-0.15, -0.1) is 12.4 Å². The number of likely N-dealkylation sites (tertiary alicyclic amines) is 1. The molecule has 3 rings (SSSR count). The van der Waals surface area contributed by atoms with Crippen LogP contribution in [0.25, 0.3) is 10.9 Å². The molecule has 0 amide bonds. The Kier molecular flexibility index (Phi) is 4.13. The summed E-state index contributed by atoms with van der Waals surface area (Å²) in [6, 6.07) is 6.52. The third kappa shape index (κ3) is 2.91. The van der Waals surface area contributed by atoms with Crippen LogP contribution in [0.4, 0.5) is 0 Å². The highest BCUT2D eigenvalue weighted by Crippen LogP contribution is 2.29. The van der Waals surface area contributed by atoms with Crippen molar-refractivity contribution in [3.63, 3.8) is 0 Å². The molecule has 1 aromatic heterocycles. The maximum Gasteiger partial charge on any atom is 0.0653 e. The predicted molar refractivity (Wildman–Crippen MR) is 80.4 cm³/mol. The van der Waals surface area contributed by atoms with Crippen LogP contribution in [0.3, 0.4) is 0 Å². The van der Waals surface area contributed by atoms with Gasteiger partial charge >= 0.3 is 0 Å². The number of rotatable bonds is 3. The molecule has 1 aliphatic heterocycles. The lowest BCUT2D eigenvalue weighted by molar-refractivity contribution is 0.274. The van der Waals surface area contributed by atoms with Crippen molar-refractivity contribution in [2.75, 3.05) is 19.6 Å².